The topological polar surface area (TPSA) is 75.7 Å². The maximum absolute atomic E-state index is 12.3. The van der Waals surface area contributed by atoms with Crippen molar-refractivity contribution in [3.05, 3.63) is 17.7 Å². The van der Waals surface area contributed by atoms with Gasteiger partial charge >= 0.3 is 0 Å². The summed E-state index contributed by atoms with van der Waals surface area (Å²) >= 11 is 0. The molecule has 0 saturated carbocycles. The lowest BCUT2D eigenvalue weighted by atomic mass is 10.2. The molecule has 0 aliphatic carbocycles. The molecule has 0 spiro atoms. The zero-order valence-corrected chi connectivity index (χ0v) is 13.7. The van der Waals surface area contributed by atoms with Crippen LogP contribution in [0.1, 0.15) is 23.2 Å². The minimum Gasteiger partial charge on any atom is -0.390 e. The van der Waals surface area contributed by atoms with Gasteiger partial charge in [0.05, 0.1) is 12.3 Å². The van der Waals surface area contributed by atoms with Crippen LogP contribution in [-0.4, -0.2) is 95.1 Å². The Balaban J connectivity index is 1.80. The monoisotopic (exact) mass is 309 g/mol. The number of likely N-dealkylation sites (N-methyl/N-ethyl adjacent to an activating group) is 2. The molecule has 1 aliphatic rings. The Bertz CT molecular complexity index is 482. The number of nitrogens with one attached hydrogen (secondary N) is 1. The fourth-order valence-electron chi connectivity index (χ4n) is 2.64. The molecule has 1 fully saturated rings. The Kier molecular flexibility index (Phi) is 5.93. The van der Waals surface area contributed by atoms with Crippen LogP contribution >= 0.6 is 0 Å². The van der Waals surface area contributed by atoms with E-state index in [1.807, 2.05) is 6.92 Å². The second kappa shape index (κ2) is 7.71. The summed E-state index contributed by atoms with van der Waals surface area (Å²) in [7, 11) is 3.82. The van der Waals surface area contributed by atoms with Crippen molar-refractivity contribution in [1.29, 1.82) is 0 Å². The van der Waals surface area contributed by atoms with Crippen LogP contribution in [0.25, 0.3) is 0 Å². The van der Waals surface area contributed by atoms with Gasteiger partial charge in [-0.05, 0) is 7.05 Å². The lowest BCUT2D eigenvalue weighted by molar-refractivity contribution is 0.0499. The molecule has 0 aromatic carbocycles. The van der Waals surface area contributed by atoms with Crippen molar-refractivity contribution in [2.24, 2.45) is 0 Å². The highest BCUT2D eigenvalue weighted by Crippen LogP contribution is 2.05. The molecule has 1 saturated heterocycles. The Morgan fingerprint density at radius 2 is 2.14 bits per heavy atom. The van der Waals surface area contributed by atoms with Crippen molar-refractivity contribution in [2.45, 2.75) is 19.4 Å². The minimum atomic E-state index is -0.536. The number of aliphatic hydroxyl groups excluding tert-OH is 1. The van der Waals surface area contributed by atoms with Crippen molar-refractivity contribution in [3.8, 4) is 0 Å². The van der Waals surface area contributed by atoms with Crippen LogP contribution in [0.5, 0.6) is 0 Å². The molecular weight excluding hydrogens is 282 g/mol. The number of hydrogen-bond acceptors (Lipinski definition) is 5. The van der Waals surface area contributed by atoms with E-state index in [4.69, 9.17) is 0 Å². The van der Waals surface area contributed by atoms with Gasteiger partial charge in [0.15, 0.2) is 0 Å². The van der Waals surface area contributed by atoms with E-state index in [9.17, 15) is 9.90 Å². The van der Waals surface area contributed by atoms with E-state index in [1.54, 1.807) is 18.1 Å². The molecule has 1 aliphatic heterocycles. The third-order valence-electron chi connectivity index (χ3n) is 4.09. The molecule has 2 rings (SSSR count). The van der Waals surface area contributed by atoms with E-state index in [1.165, 1.54) is 0 Å². The molecular formula is C15H27N5O2. The first kappa shape index (κ1) is 16.9. The van der Waals surface area contributed by atoms with Gasteiger partial charge in [-0.15, -0.1) is 0 Å². The van der Waals surface area contributed by atoms with E-state index >= 15 is 0 Å². The Hall–Kier alpha value is -1.44. The zero-order valence-electron chi connectivity index (χ0n) is 13.7. The molecule has 7 nitrogen and oxygen atoms in total. The summed E-state index contributed by atoms with van der Waals surface area (Å²) in [6.45, 7) is 6.89. The van der Waals surface area contributed by atoms with Crippen molar-refractivity contribution in [2.75, 3.05) is 53.4 Å². The van der Waals surface area contributed by atoms with E-state index in [-0.39, 0.29) is 5.91 Å². The molecule has 0 radical (unpaired) electrons. The Labute approximate surface area is 131 Å². The lowest BCUT2D eigenvalue weighted by Gasteiger charge is -2.34. The van der Waals surface area contributed by atoms with Crippen molar-refractivity contribution < 1.29 is 9.90 Å². The highest BCUT2D eigenvalue weighted by molar-refractivity contribution is 5.92. The molecule has 1 atom stereocenters. The summed E-state index contributed by atoms with van der Waals surface area (Å²) in [5.41, 5.74) is 0.478. The average molecular weight is 309 g/mol. The lowest BCUT2D eigenvalue weighted by Crippen LogP contribution is -2.49. The third kappa shape index (κ3) is 4.53. The van der Waals surface area contributed by atoms with Gasteiger partial charge in [0, 0.05) is 52.7 Å². The van der Waals surface area contributed by atoms with Gasteiger partial charge in [-0.2, -0.15) is 0 Å². The SMILES string of the molecule is CCc1ncc(C(=O)N(C)CC(O)CN2CCN(C)CC2)[nH]1. The maximum Gasteiger partial charge on any atom is 0.271 e. The largest absolute Gasteiger partial charge is 0.390 e. The average Bonchev–Trinajstić information content (AvgIpc) is 2.97. The van der Waals surface area contributed by atoms with Gasteiger partial charge in [0.25, 0.3) is 5.91 Å². The van der Waals surface area contributed by atoms with E-state index < -0.39 is 6.10 Å². The number of piperazine rings is 1. The van der Waals surface area contributed by atoms with Crippen LogP contribution in [0.3, 0.4) is 0 Å². The number of aliphatic hydroxyl groups is 1. The number of imidazole rings is 1. The number of H-pyrrole nitrogens is 1. The predicted molar refractivity (Wildman–Crippen MR) is 84.9 cm³/mol. The van der Waals surface area contributed by atoms with Gasteiger partial charge in [-0.1, -0.05) is 6.92 Å². The van der Waals surface area contributed by atoms with Crippen molar-refractivity contribution in [3.63, 3.8) is 0 Å². The standard InChI is InChI=1S/C15H27N5O2/c1-4-14-16-9-13(17-14)15(22)19(3)10-12(21)11-20-7-5-18(2)6-8-20/h9,12,21H,4-8,10-11H2,1-3H3,(H,16,17). The van der Waals surface area contributed by atoms with Crippen molar-refractivity contribution >= 4 is 5.91 Å². The van der Waals surface area contributed by atoms with Crippen LogP contribution in [-0.2, 0) is 6.42 Å². The maximum atomic E-state index is 12.3. The molecule has 124 valence electrons. The van der Waals surface area contributed by atoms with Gasteiger partial charge in [0.1, 0.15) is 11.5 Å². The third-order valence-corrected chi connectivity index (χ3v) is 4.09. The fraction of sp³-hybridized carbons (Fsp3) is 0.733. The second-order valence-electron chi connectivity index (χ2n) is 6.04. The zero-order chi connectivity index (χ0) is 16.1. The van der Waals surface area contributed by atoms with Gasteiger partial charge in [-0.25, -0.2) is 4.98 Å². The Morgan fingerprint density at radius 1 is 1.45 bits per heavy atom. The summed E-state index contributed by atoms with van der Waals surface area (Å²) in [5.74, 6) is 0.666. The Morgan fingerprint density at radius 3 is 2.73 bits per heavy atom. The molecule has 0 bridgehead atoms. The van der Waals surface area contributed by atoms with Crippen LogP contribution in [0.2, 0.25) is 0 Å². The smallest absolute Gasteiger partial charge is 0.271 e. The number of aromatic amines is 1. The van der Waals surface area contributed by atoms with Gasteiger partial charge < -0.3 is 19.9 Å². The number of nitrogens with zero attached hydrogens (tertiary/aromatic N) is 4. The highest BCUT2D eigenvalue weighted by Gasteiger charge is 2.21. The quantitative estimate of drug-likeness (QED) is 0.751. The summed E-state index contributed by atoms with van der Waals surface area (Å²) < 4.78 is 0. The van der Waals surface area contributed by atoms with Crippen LogP contribution in [0.4, 0.5) is 0 Å². The van der Waals surface area contributed by atoms with Crippen LogP contribution < -0.4 is 0 Å². The summed E-state index contributed by atoms with van der Waals surface area (Å²) in [6.07, 6.45) is 1.79. The predicted octanol–water partition coefficient (Wildman–Crippen LogP) is -0.348. The first-order valence-corrected chi connectivity index (χ1v) is 7.88. The van der Waals surface area contributed by atoms with E-state index in [0.29, 0.717) is 18.8 Å². The molecule has 22 heavy (non-hydrogen) atoms. The van der Waals surface area contributed by atoms with Crippen LogP contribution in [0, 0.1) is 0 Å². The number of β-amino-alcohol motifs (C(OH)–C–C–N with tert-alkyl or cyclic N) is 1. The first-order chi connectivity index (χ1) is 10.5. The molecule has 1 unspecified atom stereocenters. The number of carbonyl (C=O) groups excluding carboxylic acids is 1. The first-order valence-electron chi connectivity index (χ1n) is 7.88. The summed E-state index contributed by atoms with van der Waals surface area (Å²) in [4.78, 5) is 25.5. The number of hydrogen-bond donors (Lipinski definition) is 2. The number of amides is 1. The summed E-state index contributed by atoms with van der Waals surface area (Å²) in [5, 5.41) is 10.2. The van der Waals surface area contributed by atoms with Gasteiger partial charge in [0.2, 0.25) is 0 Å². The van der Waals surface area contributed by atoms with Crippen molar-refractivity contribution in [1.82, 2.24) is 24.7 Å². The normalized spacial score (nSPS) is 18.4. The molecule has 1 aromatic heterocycles. The molecule has 2 N–H and O–H groups in total. The number of aryl methyl sites for hydroxylation is 1. The number of aromatic nitrogens is 2. The fourth-order valence-corrected chi connectivity index (χ4v) is 2.64. The molecule has 2 heterocycles. The molecule has 7 heteroatoms. The minimum absolute atomic E-state index is 0.135. The highest BCUT2D eigenvalue weighted by atomic mass is 16.3. The second-order valence-corrected chi connectivity index (χ2v) is 6.04. The molecule has 1 aromatic rings. The number of rotatable bonds is 6. The van der Waals surface area contributed by atoms with E-state index in [0.717, 1.165) is 38.4 Å². The van der Waals surface area contributed by atoms with E-state index in [2.05, 4.69) is 26.8 Å². The number of carbonyl (C=O) groups is 1. The van der Waals surface area contributed by atoms with Crippen LogP contribution in [0.15, 0.2) is 6.20 Å². The van der Waals surface area contributed by atoms with Gasteiger partial charge in [-0.3, -0.25) is 9.69 Å². The molecule has 1 amide bonds. The summed E-state index contributed by atoms with van der Waals surface area (Å²) in [6, 6.07) is 0.